The minimum atomic E-state index is -0.483. The lowest BCUT2D eigenvalue weighted by Crippen LogP contribution is -2.40. The second kappa shape index (κ2) is 15.3. The van der Waals surface area contributed by atoms with Gasteiger partial charge in [-0.3, -0.25) is 0 Å². The summed E-state index contributed by atoms with van der Waals surface area (Å²) in [6.07, 6.45) is 6.74. The number of carbonyl (C=O) groups is 1. The first-order valence-corrected chi connectivity index (χ1v) is 15.5. The molecule has 2 fully saturated rings. The molecule has 7 nitrogen and oxygen atoms in total. The number of likely N-dealkylation sites (tertiary alicyclic amines) is 1. The molecule has 2 aliphatic heterocycles. The van der Waals surface area contributed by atoms with Gasteiger partial charge in [0, 0.05) is 31.6 Å². The molecule has 2 aliphatic rings. The standard InChI is InChI=1S/C35H45N3O4/c1-2-36-35(40)37-23-27-10-8-11-29(20-27)30-12-9-13-31(21-30)34-41-32(24-38-18-6-4-3-5-7-19-38)22-33(42-34)28-16-14-26(25-39)15-17-28/h8-17,20-21,32-34,39H,2-7,18-19,22-25H2,1H3,(H2,36,37,40)/t32-,33+,34+/m1/s1. The molecular weight excluding hydrogens is 526 g/mol. The summed E-state index contributed by atoms with van der Waals surface area (Å²) in [5.41, 5.74) is 6.20. The molecule has 0 spiro atoms. The van der Waals surface area contributed by atoms with Gasteiger partial charge in [-0.2, -0.15) is 0 Å². The van der Waals surface area contributed by atoms with E-state index in [1.54, 1.807) is 0 Å². The first-order chi connectivity index (χ1) is 20.6. The van der Waals surface area contributed by atoms with Gasteiger partial charge in [0.1, 0.15) is 0 Å². The topological polar surface area (TPSA) is 83.1 Å². The molecule has 0 aromatic heterocycles. The van der Waals surface area contributed by atoms with Gasteiger partial charge in [0.25, 0.3) is 0 Å². The van der Waals surface area contributed by atoms with Crippen LogP contribution in [0.3, 0.4) is 0 Å². The second-order valence-corrected chi connectivity index (χ2v) is 11.5. The van der Waals surface area contributed by atoms with Gasteiger partial charge in [-0.25, -0.2) is 4.79 Å². The normalized spacial score (nSPS) is 21.7. The highest BCUT2D eigenvalue weighted by atomic mass is 16.7. The number of nitrogens with zero attached hydrogens (tertiary/aromatic N) is 1. The van der Waals surface area contributed by atoms with Gasteiger partial charge in [0.05, 0.1) is 18.8 Å². The van der Waals surface area contributed by atoms with Crippen molar-refractivity contribution in [1.82, 2.24) is 15.5 Å². The Balaban J connectivity index is 1.35. The predicted molar refractivity (Wildman–Crippen MR) is 166 cm³/mol. The fourth-order valence-corrected chi connectivity index (χ4v) is 5.95. The van der Waals surface area contributed by atoms with Crippen LogP contribution >= 0.6 is 0 Å². The number of carbonyl (C=O) groups excluding carboxylic acids is 1. The molecule has 3 N–H and O–H groups in total. The highest BCUT2D eigenvalue weighted by Gasteiger charge is 2.33. The first kappa shape index (κ1) is 30.2. The third-order valence-electron chi connectivity index (χ3n) is 8.23. The second-order valence-electron chi connectivity index (χ2n) is 11.5. The maximum atomic E-state index is 11.9. The Morgan fingerprint density at radius 1 is 0.833 bits per heavy atom. The summed E-state index contributed by atoms with van der Waals surface area (Å²) < 4.78 is 13.3. The van der Waals surface area contributed by atoms with Crippen LogP contribution in [-0.2, 0) is 22.6 Å². The van der Waals surface area contributed by atoms with E-state index in [-0.39, 0.29) is 24.8 Å². The van der Waals surface area contributed by atoms with E-state index < -0.39 is 6.29 Å². The van der Waals surface area contributed by atoms with E-state index in [2.05, 4.69) is 64.1 Å². The predicted octanol–water partition coefficient (Wildman–Crippen LogP) is 6.48. The van der Waals surface area contributed by atoms with Crippen LogP contribution in [0, 0.1) is 0 Å². The number of benzene rings is 3. The van der Waals surface area contributed by atoms with Gasteiger partial charge in [-0.05, 0) is 72.8 Å². The number of aliphatic hydroxyl groups excluding tert-OH is 1. The molecule has 3 aromatic rings. The molecule has 0 radical (unpaired) electrons. The number of aliphatic hydroxyl groups is 1. The third kappa shape index (κ3) is 8.42. The molecule has 224 valence electrons. The maximum Gasteiger partial charge on any atom is 0.315 e. The van der Waals surface area contributed by atoms with Crippen molar-refractivity contribution in [2.75, 3.05) is 26.2 Å². The van der Waals surface area contributed by atoms with Crippen molar-refractivity contribution in [1.29, 1.82) is 0 Å². The van der Waals surface area contributed by atoms with Crippen molar-refractivity contribution >= 4 is 6.03 Å². The fraction of sp³-hybridized carbons (Fsp3) is 0.457. The maximum absolute atomic E-state index is 11.9. The first-order valence-electron chi connectivity index (χ1n) is 15.5. The minimum absolute atomic E-state index is 0.0329. The summed E-state index contributed by atoms with van der Waals surface area (Å²) >= 11 is 0. The van der Waals surface area contributed by atoms with Crippen LogP contribution in [0.4, 0.5) is 4.79 Å². The molecule has 2 saturated heterocycles. The zero-order valence-corrected chi connectivity index (χ0v) is 24.8. The van der Waals surface area contributed by atoms with Crippen LogP contribution in [0.25, 0.3) is 11.1 Å². The highest BCUT2D eigenvalue weighted by Crippen LogP contribution is 2.39. The Morgan fingerprint density at radius 3 is 2.29 bits per heavy atom. The van der Waals surface area contributed by atoms with Gasteiger partial charge in [0.2, 0.25) is 0 Å². The monoisotopic (exact) mass is 571 g/mol. The zero-order chi connectivity index (χ0) is 29.1. The molecular formula is C35H45N3O4. The number of hydrogen-bond donors (Lipinski definition) is 3. The lowest BCUT2D eigenvalue weighted by molar-refractivity contribution is -0.253. The Kier molecular flexibility index (Phi) is 11.0. The van der Waals surface area contributed by atoms with Crippen LogP contribution in [-0.4, -0.2) is 48.3 Å². The summed E-state index contributed by atoms with van der Waals surface area (Å²) in [5.74, 6) is 0. The van der Waals surface area contributed by atoms with Crippen molar-refractivity contribution in [2.24, 2.45) is 0 Å². The number of rotatable bonds is 9. The Labute approximate surface area is 250 Å². The average Bonchev–Trinajstić information content (AvgIpc) is 3.01. The van der Waals surface area contributed by atoms with E-state index in [9.17, 15) is 9.90 Å². The molecule has 5 rings (SSSR count). The summed E-state index contributed by atoms with van der Waals surface area (Å²) in [6.45, 7) is 6.15. The van der Waals surface area contributed by atoms with E-state index in [0.29, 0.717) is 13.1 Å². The van der Waals surface area contributed by atoms with Gasteiger partial charge in [0.15, 0.2) is 6.29 Å². The number of amides is 2. The molecule has 0 saturated carbocycles. The number of ether oxygens (including phenoxy) is 2. The van der Waals surface area contributed by atoms with E-state index in [4.69, 9.17) is 9.47 Å². The van der Waals surface area contributed by atoms with Crippen LogP contribution in [0.5, 0.6) is 0 Å². The van der Waals surface area contributed by atoms with Crippen molar-refractivity contribution in [2.45, 2.75) is 77.1 Å². The smallest absolute Gasteiger partial charge is 0.315 e. The molecule has 2 heterocycles. The molecule has 0 unspecified atom stereocenters. The molecule has 7 heteroatoms. The Bertz CT molecular complexity index is 1270. The molecule has 3 aromatic carbocycles. The van der Waals surface area contributed by atoms with Gasteiger partial charge in [-0.1, -0.05) is 79.9 Å². The van der Waals surface area contributed by atoms with E-state index in [1.807, 2.05) is 31.2 Å². The summed E-state index contributed by atoms with van der Waals surface area (Å²) in [4.78, 5) is 14.5. The minimum Gasteiger partial charge on any atom is -0.392 e. The largest absolute Gasteiger partial charge is 0.392 e. The summed E-state index contributed by atoms with van der Waals surface area (Å²) in [7, 11) is 0. The average molecular weight is 572 g/mol. The van der Waals surface area contributed by atoms with Crippen molar-refractivity contribution in [3.05, 3.63) is 95.1 Å². The van der Waals surface area contributed by atoms with Gasteiger partial charge >= 0.3 is 6.03 Å². The van der Waals surface area contributed by atoms with Gasteiger partial charge < -0.3 is 30.1 Å². The van der Waals surface area contributed by atoms with Crippen molar-refractivity contribution < 1.29 is 19.4 Å². The van der Waals surface area contributed by atoms with E-state index in [0.717, 1.165) is 59.4 Å². The number of nitrogens with one attached hydrogen (secondary N) is 2. The molecule has 3 atom stereocenters. The Morgan fingerprint density at radius 2 is 1.55 bits per heavy atom. The highest BCUT2D eigenvalue weighted by molar-refractivity contribution is 5.74. The van der Waals surface area contributed by atoms with E-state index >= 15 is 0 Å². The lowest BCUT2D eigenvalue weighted by atomic mass is 9.98. The SMILES string of the molecule is CCNC(=O)NCc1cccc(-c2cccc([C@H]3O[C@@H](CN4CCCCCCC4)C[C@@H](c4ccc(CO)cc4)O3)c2)c1. The zero-order valence-electron chi connectivity index (χ0n) is 24.8. The summed E-state index contributed by atoms with van der Waals surface area (Å²) in [6, 6.07) is 24.6. The molecule has 0 bridgehead atoms. The lowest BCUT2D eigenvalue weighted by Gasteiger charge is -2.39. The van der Waals surface area contributed by atoms with Crippen LogP contribution in [0.2, 0.25) is 0 Å². The van der Waals surface area contributed by atoms with Crippen LogP contribution in [0.1, 0.15) is 80.1 Å². The number of urea groups is 1. The third-order valence-corrected chi connectivity index (χ3v) is 8.23. The van der Waals surface area contributed by atoms with E-state index in [1.165, 1.54) is 32.1 Å². The van der Waals surface area contributed by atoms with Gasteiger partial charge in [-0.15, -0.1) is 0 Å². The molecule has 42 heavy (non-hydrogen) atoms. The molecule has 2 amide bonds. The fourth-order valence-electron chi connectivity index (χ4n) is 5.95. The number of hydrogen-bond acceptors (Lipinski definition) is 5. The summed E-state index contributed by atoms with van der Waals surface area (Å²) in [5, 5.41) is 15.2. The van der Waals surface area contributed by atoms with Crippen molar-refractivity contribution in [3.8, 4) is 11.1 Å². The van der Waals surface area contributed by atoms with Crippen molar-refractivity contribution in [3.63, 3.8) is 0 Å². The molecule has 0 aliphatic carbocycles. The quantitative estimate of drug-likeness (QED) is 0.274. The van der Waals surface area contributed by atoms with Crippen LogP contribution < -0.4 is 10.6 Å². The Hall–Kier alpha value is -3.23. The van der Waals surface area contributed by atoms with Crippen LogP contribution in [0.15, 0.2) is 72.8 Å².